The highest BCUT2D eigenvalue weighted by Crippen LogP contribution is 2.34. The maximum absolute atomic E-state index is 12.0. The van der Waals surface area contributed by atoms with Crippen molar-refractivity contribution >= 4 is 11.4 Å². The van der Waals surface area contributed by atoms with Crippen LogP contribution in [0.4, 0.5) is 0 Å². The summed E-state index contributed by atoms with van der Waals surface area (Å²) < 4.78 is 0. The third-order valence-electron chi connectivity index (χ3n) is 3.43. The highest BCUT2D eigenvalue weighted by molar-refractivity contribution is 6.23. The summed E-state index contributed by atoms with van der Waals surface area (Å²) in [7, 11) is 0. The molecule has 0 radical (unpaired) electrons. The van der Waals surface area contributed by atoms with Gasteiger partial charge in [-0.3, -0.25) is 4.79 Å². The fourth-order valence-corrected chi connectivity index (χ4v) is 2.52. The van der Waals surface area contributed by atoms with Crippen molar-refractivity contribution in [3.8, 4) is 0 Å². The smallest absolute Gasteiger partial charge is 0.163 e. The van der Waals surface area contributed by atoms with Crippen LogP contribution in [0, 0.1) is 6.92 Å². The van der Waals surface area contributed by atoms with Gasteiger partial charge in [0.1, 0.15) is 0 Å². The molecule has 0 atom stereocenters. The topological polar surface area (TPSA) is 17.1 Å². The molecule has 17 heavy (non-hydrogen) atoms. The Bertz CT molecular complexity index is 454. The third-order valence-corrected chi connectivity index (χ3v) is 3.43. The average molecular weight is 228 g/mol. The van der Waals surface area contributed by atoms with Crippen LogP contribution in [-0.2, 0) is 4.79 Å². The molecule has 2 rings (SSSR count). The van der Waals surface area contributed by atoms with Gasteiger partial charge < -0.3 is 0 Å². The number of rotatable bonds is 4. The van der Waals surface area contributed by atoms with Crippen LogP contribution in [0.2, 0.25) is 0 Å². The van der Waals surface area contributed by atoms with Crippen molar-refractivity contribution in [2.24, 2.45) is 0 Å². The summed E-state index contributed by atoms with van der Waals surface area (Å²) in [6.07, 6.45) is 5.16. The third kappa shape index (κ3) is 2.66. The van der Waals surface area contributed by atoms with Gasteiger partial charge >= 0.3 is 0 Å². The summed E-state index contributed by atoms with van der Waals surface area (Å²) in [5, 5.41) is 0. The van der Waals surface area contributed by atoms with Gasteiger partial charge in [0.2, 0.25) is 0 Å². The minimum atomic E-state index is 0.335. The summed E-state index contributed by atoms with van der Waals surface area (Å²) in [5.74, 6) is 0.335. The zero-order valence-electron chi connectivity index (χ0n) is 10.8. The zero-order chi connectivity index (χ0) is 12.3. The summed E-state index contributed by atoms with van der Waals surface area (Å²) in [4.78, 5) is 12.0. The van der Waals surface area contributed by atoms with E-state index < -0.39 is 0 Å². The van der Waals surface area contributed by atoms with Crippen LogP contribution < -0.4 is 0 Å². The number of ketones is 1. The number of benzene rings is 1. The van der Waals surface area contributed by atoms with Crippen molar-refractivity contribution in [3.63, 3.8) is 0 Å². The number of hydrogen-bond acceptors (Lipinski definition) is 1. The summed E-state index contributed by atoms with van der Waals surface area (Å²) in [6, 6.07) is 8.32. The van der Waals surface area contributed by atoms with E-state index in [2.05, 4.69) is 32.0 Å². The number of allylic oxidation sites excluding steroid dienone is 2. The highest BCUT2D eigenvalue weighted by Gasteiger charge is 2.23. The molecule has 90 valence electrons. The first-order valence-electron chi connectivity index (χ1n) is 6.54. The van der Waals surface area contributed by atoms with E-state index in [-0.39, 0.29) is 0 Å². The molecule has 1 aromatic rings. The van der Waals surface area contributed by atoms with Crippen molar-refractivity contribution in [1.29, 1.82) is 0 Å². The maximum atomic E-state index is 12.0. The molecule has 1 aliphatic carbocycles. The number of Topliss-reactive ketones (excluding diaryl/α,β-unsaturated/α-hetero) is 1. The summed E-state index contributed by atoms with van der Waals surface area (Å²) >= 11 is 0. The molecule has 0 N–H and O–H groups in total. The van der Waals surface area contributed by atoms with Crippen LogP contribution in [0.5, 0.6) is 0 Å². The SMILES string of the molecule is CCCCC1=C(c2cccc(C)c2)C(=O)CC1. The Balaban J connectivity index is 2.35. The van der Waals surface area contributed by atoms with E-state index in [0.717, 1.165) is 24.0 Å². The molecule has 0 aliphatic heterocycles. The molecule has 0 spiro atoms. The number of unbranched alkanes of at least 4 members (excludes halogenated alkanes) is 1. The lowest BCUT2D eigenvalue weighted by Gasteiger charge is -2.07. The summed E-state index contributed by atoms with van der Waals surface area (Å²) in [6.45, 7) is 4.28. The van der Waals surface area contributed by atoms with E-state index in [1.807, 2.05) is 6.07 Å². The predicted molar refractivity (Wildman–Crippen MR) is 71.9 cm³/mol. The molecule has 1 nitrogen and oxygen atoms in total. The molecular formula is C16H20O. The van der Waals surface area contributed by atoms with Gasteiger partial charge in [-0.25, -0.2) is 0 Å². The second kappa shape index (κ2) is 5.31. The lowest BCUT2D eigenvalue weighted by atomic mass is 9.97. The Morgan fingerprint density at radius 3 is 2.76 bits per heavy atom. The molecule has 0 saturated carbocycles. The molecular weight excluding hydrogens is 208 g/mol. The Morgan fingerprint density at radius 1 is 1.24 bits per heavy atom. The van der Waals surface area contributed by atoms with Gasteiger partial charge in [-0.1, -0.05) is 48.7 Å². The van der Waals surface area contributed by atoms with Crippen molar-refractivity contribution in [3.05, 3.63) is 41.0 Å². The molecule has 0 fully saturated rings. The largest absolute Gasteiger partial charge is 0.294 e. The van der Waals surface area contributed by atoms with Crippen LogP contribution in [0.1, 0.15) is 50.2 Å². The van der Waals surface area contributed by atoms with Crippen molar-refractivity contribution in [2.45, 2.75) is 46.0 Å². The van der Waals surface area contributed by atoms with Crippen molar-refractivity contribution < 1.29 is 4.79 Å². The van der Waals surface area contributed by atoms with Gasteiger partial charge in [0, 0.05) is 12.0 Å². The standard InChI is InChI=1S/C16H20O/c1-3-4-7-13-9-10-15(17)16(13)14-8-5-6-12(2)11-14/h5-6,8,11H,3-4,7,9-10H2,1-2H3. The Morgan fingerprint density at radius 2 is 2.06 bits per heavy atom. The molecule has 0 amide bonds. The lowest BCUT2D eigenvalue weighted by molar-refractivity contribution is -0.113. The predicted octanol–water partition coefficient (Wildman–Crippen LogP) is 4.30. The van der Waals surface area contributed by atoms with Crippen LogP contribution in [0.25, 0.3) is 5.57 Å². The molecule has 1 heteroatoms. The van der Waals surface area contributed by atoms with E-state index in [1.54, 1.807) is 0 Å². The van der Waals surface area contributed by atoms with Gasteiger partial charge in [-0.2, -0.15) is 0 Å². The van der Waals surface area contributed by atoms with E-state index in [1.165, 1.54) is 24.0 Å². The van der Waals surface area contributed by atoms with Crippen LogP contribution in [0.15, 0.2) is 29.8 Å². The minimum absolute atomic E-state index is 0.335. The fourth-order valence-electron chi connectivity index (χ4n) is 2.52. The van der Waals surface area contributed by atoms with Crippen LogP contribution in [0.3, 0.4) is 0 Å². The Hall–Kier alpha value is -1.37. The summed E-state index contributed by atoms with van der Waals surface area (Å²) in [5.41, 5.74) is 4.74. The quantitative estimate of drug-likeness (QED) is 0.750. The van der Waals surface area contributed by atoms with Gasteiger partial charge in [0.25, 0.3) is 0 Å². The first-order valence-corrected chi connectivity index (χ1v) is 6.54. The second-order valence-electron chi connectivity index (χ2n) is 4.87. The molecule has 0 saturated heterocycles. The van der Waals surface area contributed by atoms with Crippen LogP contribution in [-0.4, -0.2) is 5.78 Å². The normalized spacial score (nSPS) is 15.8. The highest BCUT2D eigenvalue weighted by atomic mass is 16.1. The molecule has 0 aromatic heterocycles. The van der Waals surface area contributed by atoms with Gasteiger partial charge in [0.15, 0.2) is 5.78 Å². The van der Waals surface area contributed by atoms with E-state index >= 15 is 0 Å². The molecule has 0 bridgehead atoms. The fraction of sp³-hybridized carbons (Fsp3) is 0.438. The number of carbonyl (C=O) groups excluding carboxylic acids is 1. The van der Waals surface area contributed by atoms with Gasteiger partial charge in [0.05, 0.1) is 0 Å². The monoisotopic (exact) mass is 228 g/mol. The van der Waals surface area contributed by atoms with Gasteiger partial charge in [-0.15, -0.1) is 0 Å². The number of hydrogen-bond donors (Lipinski definition) is 0. The van der Waals surface area contributed by atoms with E-state index in [4.69, 9.17) is 0 Å². The van der Waals surface area contributed by atoms with Gasteiger partial charge in [-0.05, 0) is 31.7 Å². The second-order valence-corrected chi connectivity index (χ2v) is 4.87. The molecule has 0 unspecified atom stereocenters. The molecule has 1 aliphatic rings. The first-order chi connectivity index (χ1) is 8.22. The molecule has 1 aromatic carbocycles. The number of carbonyl (C=O) groups is 1. The maximum Gasteiger partial charge on any atom is 0.163 e. The van der Waals surface area contributed by atoms with E-state index in [0.29, 0.717) is 12.2 Å². The van der Waals surface area contributed by atoms with Crippen molar-refractivity contribution in [1.82, 2.24) is 0 Å². The molecule has 0 heterocycles. The van der Waals surface area contributed by atoms with Crippen molar-refractivity contribution in [2.75, 3.05) is 0 Å². The first kappa shape index (κ1) is 12.1. The Kier molecular flexibility index (Phi) is 3.78. The average Bonchev–Trinajstić information content (AvgIpc) is 2.68. The van der Waals surface area contributed by atoms with Crippen LogP contribution >= 0.6 is 0 Å². The number of aryl methyl sites for hydroxylation is 1. The minimum Gasteiger partial charge on any atom is -0.294 e. The lowest BCUT2D eigenvalue weighted by Crippen LogP contribution is -1.96. The zero-order valence-corrected chi connectivity index (χ0v) is 10.8. The Labute approximate surface area is 104 Å². The van der Waals surface area contributed by atoms with E-state index in [9.17, 15) is 4.79 Å².